The number of rotatable bonds is 7. The van der Waals surface area contributed by atoms with Crippen LogP contribution in [0.3, 0.4) is 0 Å². The van der Waals surface area contributed by atoms with E-state index in [1.807, 2.05) is 62.4 Å². The molecular formula is C29H27NO5. The Morgan fingerprint density at radius 1 is 0.943 bits per heavy atom. The van der Waals surface area contributed by atoms with E-state index in [4.69, 9.17) is 4.74 Å². The molecule has 0 aliphatic carbocycles. The number of amides is 1. The van der Waals surface area contributed by atoms with Gasteiger partial charge < -0.3 is 9.84 Å². The van der Waals surface area contributed by atoms with Crippen LogP contribution in [0.25, 0.3) is 0 Å². The summed E-state index contributed by atoms with van der Waals surface area (Å²) in [6.45, 7) is 5.24. The lowest BCUT2D eigenvalue weighted by Gasteiger charge is -2.27. The van der Waals surface area contributed by atoms with Crippen LogP contribution in [-0.2, 0) is 20.8 Å². The van der Waals surface area contributed by atoms with E-state index in [-0.39, 0.29) is 17.8 Å². The molecule has 0 bridgehead atoms. The van der Waals surface area contributed by atoms with Gasteiger partial charge in [-0.3, -0.25) is 19.3 Å². The topological polar surface area (TPSA) is 83.9 Å². The lowest BCUT2D eigenvalue weighted by Crippen LogP contribution is -2.31. The minimum atomic E-state index is -0.806. The van der Waals surface area contributed by atoms with Crippen LogP contribution in [0.1, 0.15) is 41.6 Å². The Balaban J connectivity index is 1.73. The summed E-state index contributed by atoms with van der Waals surface area (Å²) in [4.78, 5) is 39.4. The van der Waals surface area contributed by atoms with Crippen molar-refractivity contribution in [2.75, 3.05) is 4.90 Å². The molecule has 6 heteroatoms. The SMILES string of the molecule is CC(=O)Oc1ccc(C2C(C(=O)CCc3ccccc3)=C(O)C(=O)N2c2ccc(C)c(C)c2)cc1. The number of anilines is 1. The van der Waals surface area contributed by atoms with Gasteiger partial charge in [-0.15, -0.1) is 0 Å². The highest BCUT2D eigenvalue weighted by Crippen LogP contribution is 2.42. The van der Waals surface area contributed by atoms with Gasteiger partial charge in [-0.1, -0.05) is 48.5 Å². The van der Waals surface area contributed by atoms with Crippen LogP contribution in [0.5, 0.6) is 5.75 Å². The number of ketones is 1. The maximum Gasteiger partial charge on any atom is 0.308 e. The van der Waals surface area contributed by atoms with Crippen molar-refractivity contribution >= 4 is 23.3 Å². The fraction of sp³-hybridized carbons (Fsp3) is 0.207. The second kappa shape index (κ2) is 9.97. The molecule has 0 spiro atoms. The second-order valence-corrected chi connectivity index (χ2v) is 8.68. The van der Waals surface area contributed by atoms with E-state index in [0.717, 1.165) is 16.7 Å². The monoisotopic (exact) mass is 469 g/mol. The van der Waals surface area contributed by atoms with Crippen LogP contribution in [-0.4, -0.2) is 22.8 Å². The molecule has 1 unspecified atom stereocenters. The number of Topliss-reactive ketones (excluding diaryl/α,β-unsaturated/α-hetero) is 1. The number of ether oxygens (including phenoxy) is 1. The number of nitrogens with zero attached hydrogens (tertiary/aromatic N) is 1. The van der Waals surface area contributed by atoms with Crippen LogP contribution < -0.4 is 9.64 Å². The number of aryl methyl sites for hydroxylation is 3. The Morgan fingerprint density at radius 3 is 2.26 bits per heavy atom. The third kappa shape index (κ3) is 5.01. The van der Waals surface area contributed by atoms with Crippen molar-refractivity contribution in [2.24, 2.45) is 0 Å². The standard InChI is InChI=1S/C29H27NO5/c1-18-9-13-23(17-19(18)2)30-27(22-11-14-24(15-12-22)35-20(3)31)26(28(33)29(30)34)25(32)16-10-21-7-5-4-6-8-21/h4-9,11-15,17,27,33H,10,16H2,1-3H3. The quantitative estimate of drug-likeness (QED) is 0.373. The number of carbonyl (C=O) groups is 3. The molecule has 0 saturated heterocycles. The third-order valence-corrected chi connectivity index (χ3v) is 6.22. The Kier molecular flexibility index (Phi) is 6.82. The van der Waals surface area contributed by atoms with Gasteiger partial charge >= 0.3 is 5.97 Å². The highest BCUT2D eigenvalue weighted by atomic mass is 16.5. The van der Waals surface area contributed by atoms with E-state index in [2.05, 4.69) is 0 Å². The summed E-state index contributed by atoms with van der Waals surface area (Å²) in [5.74, 6) is -1.53. The normalized spacial score (nSPS) is 15.5. The predicted octanol–water partition coefficient (Wildman–Crippen LogP) is 5.33. The minimum Gasteiger partial charge on any atom is -0.503 e. The summed E-state index contributed by atoms with van der Waals surface area (Å²) in [5.41, 5.74) is 4.34. The van der Waals surface area contributed by atoms with Gasteiger partial charge in [-0.25, -0.2) is 0 Å². The van der Waals surface area contributed by atoms with Crippen LogP contribution in [0.2, 0.25) is 0 Å². The molecule has 178 valence electrons. The number of carbonyl (C=O) groups excluding carboxylic acids is 3. The first-order valence-corrected chi connectivity index (χ1v) is 11.5. The van der Waals surface area contributed by atoms with Crippen molar-refractivity contribution < 1.29 is 24.2 Å². The first-order valence-electron chi connectivity index (χ1n) is 11.5. The molecule has 3 aromatic rings. The molecule has 0 fully saturated rings. The van der Waals surface area contributed by atoms with Gasteiger partial charge in [0, 0.05) is 19.0 Å². The molecule has 1 atom stereocenters. The number of esters is 1. The molecule has 4 rings (SSSR count). The number of aliphatic hydroxyl groups excluding tert-OH is 1. The highest BCUT2D eigenvalue weighted by Gasteiger charge is 2.44. The maximum atomic E-state index is 13.4. The third-order valence-electron chi connectivity index (χ3n) is 6.22. The Morgan fingerprint density at radius 2 is 1.63 bits per heavy atom. The molecule has 1 aliphatic heterocycles. The Bertz CT molecular complexity index is 1310. The second-order valence-electron chi connectivity index (χ2n) is 8.68. The molecule has 35 heavy (non-hydrogen) atoms. The van der Waals surface area contributed by atoms with Crippen LogP contribution in [0.15, 0.2) is 84.1 Å². The van der Waals surface area contributed by atoms with Crippen molar-refractivity contribution in [2.45, 2.75) is 39.7 Å². The fourth-order valence-corrected chi connectivity index (χ4v) is 4.27. The molecule has 1 aliphatic rings. The molecule has 1 amide bonds. The largest absolute Gasteiger partial charge is 0.503 e. The van der Waals surface area contributed by atoms with E-state index in [1.54, 1.807) is 24.3 Å². The summed E-state index contributed by atoms with van der Waals surface area (Å²) in [6, 6.07) is 21.0. The van der Waals surface area contributed by atoms with Crippen LogP contribution >= 0.6 is 0 Å². The first-order chi connectivity index (χ1) is 16.8. The van der Waals surface area contributed by atoms with Crippen molar-refractivity contribution in [1.82, 2.24) is 0 Å². The maximum absolute atomic E-state index is 13.4. The Labute approximate surface area is 204 Å². The molecule has 6 nitrogen and oxygen atoms in total. The van der Waals surface area contributed by atoms with Crippen molar-refractivity contribution in [3.63, 3.8) is 0 Å². The number of hydrogen-bond acceptors (Lipinski definition) is 5. The van der Waals surface area contributed by atoms with Crippen molar-refractivity contribution in [3.05, 3.63) is 106 Å². The number of benzene rings is 3. The smallest absolute Gasteiger partial charge is 0.308 e. The lowest BCUT2D eigenvalue weighted by atomic mass is 9.93. The summed E-state index contributed by atoms with van der Waals surface area (Å²) < 4.78 is 5.13. The van der Waals surface area contributed by atoms with E-state index >= 15 is 0 Å². The minimum absolute atomic E-state index is 0.0735. The summed E-state index contributed by atoms with van der Waals surface area (Å²) in [5, 5.41) is 10.9. The first kappa shape index (κ1) is 24.0. The van der Waals surface area contributed by atoms with E-state index in [0.29, 0.717) is 23.4 Å². The zero-order valence-corrected chi connectivity index (χ0v) is 19.9. The molecule has 3 aromatic carbocycles. The van der Waals surface area contributed by atoms with Crippen LogP contribution in [0, 0.1) is 13.8 Å². The van der Waals surface area contributed by atoms with Gasteiger partial charge in [0.1, 0.15) is 5.75 Å². The van der Waals surface area contributed by atoms with E-state index < -0.39 is 23.7 Å². The summed E-state index contributed by atoms with van der Waals surface area (Å²) >= 11 is 0. The molecule has 0 saturated carbocycles. The number of aliphatic hydroxyl groups is 1. The molecule has 1 heterocycles. The van der Waals surface area contributed by atoms with Crippen molar-refractivity contribution in [3.8, 4) is 5.75 Å². The number of hydrogen-bond donors (Lipinski definition) is 1. The van der Waals surface area contributed by atoms with Gasteiger partial charge in [0.05, 0.1) is 11.6 Å². The van der Waals surface area contributed by atoms with Gasteiger partial charge in [0.25, 0.3) is 5.91 Å². The van der Waals surface area contributed by atoms with Crippen LogP contribution in [0.4, 0.5) is 5.69 Å². The average Bonchev–Trinajstić information content (AvgIpc) is 3.10. The predicted molar refractivity (Wildman–Crippen MR) is 133 cm³/mol. The summed E-state index contributed by atoms with van der Waals surface area (Å²) in [7, 11) is 0. The van der Waals surface area contributed by atoms with Crippen molar-refractivity contribution in [1.29, 1.82) is 0 Å². The highest BCUT2D eigenvalue weighted by molar-refractivity contribution is 6.16. The molecular weight excluding hydrogens is 442 g/mol. The van der Waals surface area contributed by atoms with Gasteiger partial charge in [-0.2, -0.15) is 0 Å². The fourth-order valence-electron chi connectivity index (χ4n) is 4.27. The molecule has 0 aromatic heterocycles. The lowest BCUT2D eigenvalue weighted by molar-refractivity contribution is -0.131. The zero-order valence-electron chi connectivity index (χ0n) is 19.9. The van der Waals surface area contributed by atoms with E-state index in [9.17, 15) is 19.5 Å². The molecule has 1 N–H and O–H groups in total. The molecule has 0 radical (unpaired) electrons. The average molecular weight is 470 g/mol. The summed E-state index contributed by atoms with van der Waals surface area (Å²) in [6.07, 6.45) is 0.645. The Hall–Kier alpha value is -4.19. The van der Waals surface area contributed by atoms with Gasteiger partial charge in [0.15, 0.2) is 11.5 Å². The van der Waals surface area contributed by atoms with E-state index in [1.165, 1.54) is 11.8 Å². The zero-order chi connectivity index (χ0) is 25.1. The van der Waals surface area contributed by atoms with Gasteiger partial charge in [-0.05, 0) is 66.8 Å². The van der Waals surface area contributed by atoms with Gasteiger partial charge in [0.2, 0.25) is 0 Å².